The van der Waals surface area contributed by atoms with Crippen molar-refractivity contribution in [2.24, 2.45) is 5.92 Å². The molecule has 8 heteroatoms. The minimum absolute atomic E-state index is 0.0581. The smallest absolute Gasteiger partial charge is 0.234 e. The summed E-state index contributed by atoms with van der Waals surface area (Å²) in [4.78, 5) is 12.7. The summed E-state index contributed by atoms with van der Waals surface area (Å²) < 4.78 is 3.10. The number of rotatable bonds is 8. The second kappa shape index (κ2) is 10.7. The number of hydrogen-bond donors (Lipinski definition) is 1. The van der Waals surface area contributed by atoms with Crippen molar-refractivity contribution in [3.8, 4) is 11.4 Å². The van der Waals surface area contributed by atoms with Gasteiger partial charge in [-0.25, -0.2) is 0 Å². The number of hydrogen-bond acceptors (Lipinski definition) is 4. The van der Waals surface area contributed by atoms with E-state index in [1.165, 1.54) is 11.8 Å². The van der Waals surface area contributed by atoms with Gasteiger partial charge in [0.25, 0.3) is 0 Å². The first-order chi connectivity index (χ1) is 14.8. The van der Waals surface area contributed by atoms with Gasteiger partial charge in [-0.1, -0.05) is 60.1 Å². The molecule has 3 rings (SSSR count). The minimum Gasteiger partial charge on any atom is -0.325 e. The predicted molar refractivity (Wildman–Crippen MR) is 133 cm³/mol. The number of benzene rings is 2. The van der Waals surface area contributed by atoms with Crippen LogP contribution in [0.2, 0.25) is 5.02 Å². The van der Waals surface area contributed by atoms with E-state index in [4.69, 9.17) is 11.6 Å². The summed E-state index contributed by atoms with van der Waals surface area (Å²) in [5.74, 6) is 1.39. The second-order valence-corrected chi connectivity index (χ2v) is 10.1. The van der Waals surface area contributed by atoms with Crippen LogP contribution in [0.4, 0.5) is 5.69 Å². The molecule has 2 aromatic carbocycles. The summed E-state index contributed by atoms with van der Waals surface area (Å²) in [5.41, 5.74) is 3.99. The van der Waals surface area contributed by atoms with Crippen LogP contribution in [0.1, 0.15) is 31.9 Å². The van der Waals surface area contributed by atoms with E-state index in [9.17, 15) is 4.79 Å². The summed E-state index contributed by atoms with van der Waals surface area (Å²) in [6.07, 6.45) is 0.843. The Balaban J connectivity index is 1.77. The standard InChI is InChI=1S/C23H26BrClN4OS/c1-5-16-11-18(24)10-15(4)21(16)26-20(30)13-31-23-28-27-22(29(23)12-14(2)3)17-6-8-19(25)9-7-17/h6-11,14H,5,12-13H2,1-4H3,(H,26,30). The molecule has 0 aliphatic rings. The molecule has 0 aliphatic heterocycles. The number of aryl methyl sites for hydroxylation is 2. The van der Waals surface area contributed by atoms with Gasteiger partial charge in [0.2, 0.25) is 5.91 Å². The zero-order valence-electron chi connectivity index (χ0n) is 18.1. The molecule has 3 aromatic rings. The van der Waals surface area contributed by atoms with Crippen molar-refractivity contribution < 1.29 is 4.79 Å². The highest BCUT2D eigenvalue weighted by Crippen LogP contribution is 2.28. The summed E-state index contributed by atoms with van der Waals surface area (Å²) >= 11 is 11.0. The molecule has 0 unspecified atom stereocenters. The molecule has 0 fully saturated rings. The maximum absolute atomic E-state index is 12.7. The number of thioether (sulfide) groups is 1. The lowest BCUT2D eigenvalue weighted by atomic mass is 10.1. The third-order valence-corrected chi connectivity index (χ3v) is 6.40. The van der Waals surface area contributed by atoms with Crippen molar-refractivity contribution in [1.29, 1.82) is 0 Å². The molecule has 164 valence electrons. The number of carbonyl (C=O) groups is 1. The van der Waals surface area contributed by atoms with Crippen LogP contribution in [0.3, 0.4) is 0 Å². The molecule has 0 saturated heterocycles. The summed E-state index contributed by atoms with van der Waals surface area (Å²) in [6, 6.07) is 11.6. The van der Waals surface area contributed by atoms with Crippen molar-refractivity contribution in [2.45, 2.75) is 45.8 Å². The highest BCUT2D eigenvalue weighted by atomic mass is 79.9. The zero-order valence-corrected chi connectivity index (χ0v) is 21.2. The van der Waals surface area contributed by atoms with E-state index in [-0.39, 0.29) is 11.7 Å². The van der Waals surface area contributed by atoms with Crippen molar-refractivity contribution in [3.63, 3.8) is 0 Å². The van der Waals surface area contributed by atoms with Gasteiger partial charge >= 0.3 is 0 Å². The Labute approximate surface area is 201 Å². The van der Waals surface area contributed by atoms with Gasteiger partial charge in [-0.15, -0.1) is 10.2 Å². The number of nitrogens with one attached hydrogen (secondary N) is 1. The number of anilines is 1. The summed E-state index contributed by atoms with van der Waals surface area (Å²) in [5, 5.41) is 13.3. The number of carbonyl (C=O) groups excluding carboxylic acids is 1. The van der Waals surface area contributed by atoms with Crippen LogP contribution < -0.4 is 5.32 Å². The molecular formula is C23H26BrClN4OS. The van der Waals surface area contributed by atoms with E-state index in [0.29, 0.717) is 10.9 Å². The Morgan fingerprint density at radius 1 is 1.23 bits per heavy atom. The largest absolute Gasteiger partial charge is 0.325 e. The third kappa shape index (κ3) is 6.11. The van der Waals surface area contributed by atoms with Crippen LogP contribution in [0.15, 0.2) is 46.0 Å². The predicted octanol–water partition coefficient (Wildman–Crippen LogP) is 6.62. The fourth-order valence-electron chi connectivity index (χ4n) is 3.31. The monoisotopic (exact) mass is 520 g/mol. The summed E-state index contributed by atoms with van der Waals surface area (Å²) in [7, 11) is 0. The van der Waals surface area contributed by atoms with Gasteiger partial charge in [0.15, 0.2) is 11.0 Å². The molecule has 1 amide bonds. The van der Waals surface area contributed by atoms with E-state index in [1.54, 1.807) is 0 Å². The first-order valence-electron chi connectivity index (χ1n) is 10.2. The van der Waals surface area contributed by atoms with Crippen LogP contribution in [-0.2, 0) is 17.8 Å². The molecule has 0 spiro atoms. The zero-order chi connectivity index (χ0) is 22.5. The lowest BCUT2D eigenvalue weighted by molar-refractivity contribution is -0.113. The molecule has 1 aromatic heterocycles. The molecule has 31 heavy (non-hydrogen) atoms. The first-order valence-corrected chi connectivity index (χ1v) is 12.3. The van der Waals surface area contributed by atoms with Crippen LogP contribution in [-0.4, -0.2) is 26.4 Å². The topological polar surface area (TPSA) is 59.8 Å². The first kappa shape index (κ1) is 23.8. The molecule has 0 atom stereocenters. The van der Waals surface area contributed by atoms with Crippen molar-refractivity contribution in [1.82, 2.24) is 14.8 Å². The van der Waals surface area contributed by atoms with Gasteiger partial charge in [-0.05, 0) is 66.8 Å². The Hall–Kier alpha value is -1.83. The Kier molecular flexibility index (Phi) is 8.19. The van der Waals surface area contributed by atoms with E-state index in [0.717, 1.165) is 50.8 Å². The molecular weight excluding hydrogens is 496 g/mol. The average molecular weight is 522 g/mol. The molecule has 5 nitrogen and oxygen atoms in total. The van der Waals surface area contributed by atoms with Crippen LogP contribution in [0.5, 0.6) is 0 Å². The molecule has 1 heterocycles. The SMILES string of the molecule is CCc1cc(Br)cc(C)c1NC(=O)CSc1nnc(-c2ccc(Cl)cc2)n1CC(C)C. The van der Waals surface area contributed by atoms with E-state index < -0.39 is 0 Å². The van der Waals surface area contributed by atoms with Gasteiger partial charge in [0.05, 0.1) is 5.75 Å². The van der Waals surface area contributed by atoms with Crippen LogP contribution in [0.25, 0.3) is 11.4 Å². The molecule has 0 radical (unpaired) electrons. The quantitative estimate of drug-likeness (QED) is 0.338. The Morgan fingerprint density at radius 2 is 1.94 bits per heavy atom. The highest BCUT2D eigenvalue weighted by Gasteiger charge is 2.17. The lowest BCUT2D eigenvalue weighted by Gasteiger charge is -2.15. The summed E-state index contributed by atoms with van der Waals surface area (Å²) in [6.45, 7) is 9.15. The van der Waals surface area contributed by atoms with Crippen molar-refractivity contribution in [3.05, 3.63) is 57.0 Å². The second-order valence-electron chi connectivity index (χ2n) is 7.76. The van der Waals surface area contributed by atoms with E-state index >= 15 is 0 Å². The number of halogens is 2. The molecule has 0 bridgehead atoms. The van der Waals surface area contributed by atoms with Gasteiger partial charge < -0.3 is 9.88 Å². The fourth-order valence-corrected chi connectivity index (χ4v) is 4.81. The van der Waals surface area contributed by atoms with Gasteiger partial charge in [-0.3, -0.25) is 4.79 Å². The highest BCUT2D eigenvalue weighted by molar-refractivity contribution is 9.10. The minimum atomic E-state index is -0.0581. The number of aromatic nitrogens is 3. The normalized spacial score (nSPS) is 11.2. The average Bonchev–Trinajstić information content (AvgIpc) is 3.10. The van der Waals surface area contributed by atoms with Crippen LogP contribution >= 0.6 is 39.3 Å². The van der Waals surface area contributed by atoms with Gasteiger partial charge in [-0.2, -0.15) is 0 Å². The van der Waals surface area contributed by atoms with Gasteiger partial charge in [0.1, 0.15) is 0 Å². The molecule has 0 saturated carbocycles. The third-order valence-electron chi connectivity index (χ3n) is 4.73. The maximum atomic E-state index is 12.7. The van der Waals surface area contributed by atoms with Gasteiger partial charge in [0, 0.05) is 27.3 Å². The van der Waals surface area contributed by atoms with E-state index in [2.05, 4.69) is 56.8 Å². The Bertz CT molecular complexity index is 1070. The lowest BCUT2D eigenvalue weighted by Crippen LogP contribution is -2.17. The molecule has 1 N–H and O–H groups in total. The maximum Gasteiger partial charge on any atom is 0.234 e. The van der Waals surface area contributed by atoms with Crippen molar-refractivity contribution >= 4 is 50.9 Å². The van der Waals surface area contributed by atoms with Crippen LogP contribution in [0, 0.1) is 12.8 Å². The van der Waals surface area contributed by atoms with Crippen molar-refractivity contribution in [2.75, 3.05) is 11.1 Å². The number of nitrogens with zero attached hydrogens (tertiary/aromatic N) is 3. The van der Waals surface area contributed by atoms with E-state index in [1.807, 2.05) is 43.3 Å². The Morgan fingerprint density at radius 3 is 2.58 bits per heavy atom. The number of amides is 1. The molecule has 0 aliphatic carbocycles. The fraction of sp³-hybridized carbons (Fsp3) is 0.348.